The summed E-state index contributed by atoms with van der Waals surface area (Å²) < 4.78 is 6.13. The van der Waals surface area contributed by atoms with Crippen molar-refractivity contribution in [3.63, 3.8) is 0 Å². The second-order valence-electron chi connectivity index (χ2n) is 8.17. The molecule has 168 valence electrons. The number of aliphatic imine (C=N–C) groups is 1. The Hall–Kier alpha value is -3.39. The molecule has 2 aromatic carbocycles. The first-order valence-electron chi connectivity index (χ1n) is 10.8. The van der Waals surface area contributed by atoms with E-state index in [1.807, 2.05) is 56.3 Å². The van der Waals surface area contributed by atoms with Crippen LogP contribution in [0, 0.1) is 6.92 Å². The Morgan fingerprint density at radius 1 is 1.31 bits per heavy atom. The number of carbonyl (C=O) groups excluding carboxylic acids is 2. The molecular weight excluding hydrogens is 408 g/mol. The number of fused-ring (bicyclic) bond motifs is 2. The second-order valence-corrected chi connectivity index (χ2v) is 8.17. The van der Waals surface area contributed by atoms with Crippen LogP contribution in [-0.2, 0) is 22.7 Å². The molecular formula is C24H28N4O4. The summed E-state index contributed by atoms with van der Waals surface area (Å²) in [7, 11) is 0. The summed E-state index contributed by atoms with van der Waals surface area (Å²) in [6.45, 7) is 4.64. The van der Waals surface area contributed by atoms with Gasteiger partial charge < -0.3 is 20.1 Å². The van der Waals surface area contributed by atoms with Crippen molar-refractivity contribution >= 4 is 23.5 Å². The maximum Gasteiger partial charge on any atom is 0.251 e. The number of guanidine groups is 1. The molecule has 1 saturated heterocycles. The quantitative estimate of drug-likeness (QED) is 0.588. The van der Waals surface area contributed by atoms with Gasteiger partial charge in [-0.3, -0.25) is 14.9 Å². The Labute approximate surface area is 187 Å². The zero-order valence-corrected chi connectivity index (χ0v) is 18.3. The van der Waals surface area contributed by atoms with Gasteiger partial charge in [-0.1, -0.05) is 30.3 Å². The molecule has 0 aliphatic carbocycles. The highest BCUT2D eigenvalue weighted by Gasteiger charge is 2.39. The van der Waals surface area contributed by atoms with Crippen molar-refractivity contribution in [2.75, 3.05) is 6.61 Å². The normalized spacial score (nSPS) is 17.7. The van der Waals surface area contributed by atoms with E-state index in [1.165, 1.54) is 0 Å². The van der Waals surface area contributed by atoms with E-state index in [9.17, 15) is 14.7 Å². The topological polar surface area (TPSA) is 103 Å². The summed E-state index contributed by atoms with van der Waals surface area (Å²) in [6.07, 6.45) is 0.833. The Kier molecular flexibility index (Phi) is 6.41. The van der Waals surface area contributed by atoms with E-state index in [2.05, 4.69) is 15.6 Å². The van der Waals surface area contributed by atoms with Gasteiger partial charge in [0.05, 0.1) is 18.4 Å². The van der Waals surface area contributed by atoms with E-state index in [0.717, 1.165) is 28.1 Å². The fourth-order valence-corrected chi connectivity index (χ4v) is 3.95. The molecule has 2 amide bonds. The molecule has 0 aromatic heterocycles. The van der Waals surface area contributed by atoms with Crippen LogP contribution < -0.4 is 15.4 Å². The van der Waals surface area contributed by atoms with Crippen molar-refractivity contribution in [3.05, 3.63) is 59.2 Å². The molecule has 8 nitrogen and oxygen atoms in total. The molecule has 2 aliphatic heterocycles. The van der Waals surface area contributed by atoms with Crippen molar-refractivity contribution in [2.45, 2.75) is 51.9 Å². The molecule has 2 heterocycles. The lowest BCUT2D eigenvalue weighted by Gasteiger charge is -2.29. The van der Waals surface area contributed by atoms with Gasteiger partial charge in [0.1, 0.15) is 11.8 Å². The lowest BCUT2D eigenvalue weighted by molar-refractivity contribution is -0.123. The fraction of sp³-hybridized carbons (Fsp3) is 0.375. The summed E-state index contributed by atoms with van der Waals surface area (Å²) in [5.41, 5.74) is 3.77. The summed E-state index contributed by atoms with van der Waals surface area (Å²) in [6, 6.07) is 12.9. The zero-order chi connectivity index (χ0) is 22.7. The van der Waals surface area contributed by atoms with E-state index in [4.69, 9.17) is 4.74 Å². The molecule has 8 heteroatoms. The largest absolute Gasteiger partial charge is 0.490 e. The number of hydrogen-bond donors (Lipinski definition) is 3. The Morgan fingerprint density at radius 2 is 2.09 bits per heavy atom. The summed E-state index contributed by atoms with van der Waals surface area (Å²) in [5, 5.41) is 15.2. The van der Waals surface area contributed by atoms with Crippen LogP contribution in [0.2, 0.25) is 0 Å². The zero-order valence-electron chi connectivity index (χ0n) is 18.3. The smallest absolute Gasteiger partial charge is 0.251 e. The number of aliphatic hydroxyl groups is 1. The molecule has 4 rings (SSSR count). The van der Waals surface area contributed by atoms with Crippen LogP contribution >= 0.6 is 0 Å². The third kappa shape index (κ3) is 4.60. The van der Waals surface area contributed by atoms with Gasteiger partial charge >= 0.3 is 0 Å². The Balaban J connectivity index is 1.34. The molecule has 2 unspecified atom stereocenters. The molecule has 0 bridgehead atoms. The van der Waals surface area contributed by atoms with Gasteiger partial charge in [-0.05, 0) is 43.5 Å². The molecule has 1 fully saturated rings. The van der Waals surface area contributed by atoms with Crippen LogP contribution in [0.25, 0.3) is 0 Å². The van der Waals surface area contributed by atoms with Gasteiger partial charge in [0.2, 0.25) is 11.9 Å². The number of ether oxygens (including phenoxy) is 1. The molecule has 3 N–H and O–H groups in total. The number of benzene rings is 2. The fourth-order valence-electron chi connectivity index (χ4n) is 3.95. The van der Waals surface area contributed by atoms with Crippen LogP contribution in [0.3, 0.4) is 0 Å². The minimum Gasteiger partial charge on any atom is -0.490 e. The molecule has 32 heavy (non-hydrogen) atoms. The maximum absolute atomic E-state index is 12.2. The van der Waals surface area contributed by atoms with Gasteiger partial charge in [-0.15, -0.1) is 0 Å². The van der Waals surface area contributed by atoms with Gasteiger partial charge in [0, 0.05) is 25.1 Å². The third-order valence-electron chi connectivity index (χ3n) is 5.88. The Bertz CT molecular complexity index is 1040. The van der Waals surface area contributed by atoms with E-state index >= 15 is 0 Å². The summed E-state index contributed by atoms with van der Waals surface area (Å²) in [5.74, 6) is 0.963. The summed E-state index contributed by atoms with van der Waals surface area (Å²) >= 11 is 0. The number of nitrogens with zero attached hydrogens (tertiary/aromatic N) is 2. The third-order valence-corrected chi connectivity index (χ3v) is 5.88. The van der Waals surface area contributed by atoms with Gasteiger partial charge in [-0.25, -0.2) is 4.99 Å². The van der Waals surface area contributed by atoms with E-state index in [1.54, 1.807) is 4.90 Å². The molecule has 2 aromatic rings. The molecule has 0 spiro atoms. The van der Waals surface area contributed by atoms with E-state index in [-0.39, 0.29) is 24.5 Å². The first-order chi connectivity index (χ1) is 15.5. The average Bonchev–Trinajstić information content (AvgIpc) is 3.11. The maximum atomic E-state index is 12.2. The highest BCUT2D eigenvalue weighted by atomic mass is 16.5. The molecule has 0 saturated carbocycles. The van der Waals surface area contributed by atoms with Crippen molar-refractivity contribution < 1.29 is 19.4 Å². The van der Waals surface area contributed by atoms with E-state index < -0.39 is 6.04 Å². The number of amides is 2. The highest BCUT2D eigenvalue weighted by molar-refractivity contribution is 6.07. The Morgan fingerprint density at radius 3 is 2.84 bits per heavy atom. The SMILES string of the molecule is Cc1c(OC(C)CCC(=O)NCc2ccccc2)ccc2c1CN1C(=N2)NC(=O)C1CO. The molecule has 2 atom stereocenters. The van der Waals surface area contributed by atoms with Crippen LogP contribution in [0.1, 0.15) is 36.5 Å². The van der Waals surface area contributed by atoms with Crippen LogP contribution in [-0.4, -0.2) is 46.5 Å². The average molecular weight is 437 g/mol. The predicted molar refractivity (Wildman–Crippen MR) is 120 cm³/mol. The number of hydrogen-bond acceptors (Lipinski definition) is 6. The lowest BCUT2D eigenvalue weighted by atomic mass is 10.0. The van der Waals surface area contributed by atoms with Crippen LogP contribution in [0.5, 0.6) is 5.75 Å². The van der Waals surface area contributed by atoms with Crippen LogP contribution in [0.4, 0.5) is 5.69 Å². The first kappa shape index (κ1) is 21.8. The number of carbonyl (C=O) groups is 2. The van der Waals surface area contributed by atoms with Crippen molar-refractivity contribution in [2.24, 2.45) is 4.99 Å². The molecule has 0 radical (unpaired) electrons. The number of nitrogens with one attached hydrogen (secondary N) is 2. The van der Waals surface area contributed by atoms with Crippen LogP contribution in [0.15, 0.2) is 47.5 Å². The van der Waals surface area contributed by atoms with Gasteiger partial charge in [0.15, 0.2) is 0 Å². The van der Waals surface area contributed by atoms with Crippen molar-refractivity contribution in [1.82, 2.24) is 15.5 Å². The standard InChI is InChI=1S/C24H28N4O4/c1-15(8-11-22(30)25-12-17-6-4-3-5-7-17)32-21-10-9-19-18(16(21)2)13-28-20(14-29)23(31)27-24(28)26-19/h3-7,9-10,15,20,29H,8,11-14H2,1-2H3,(H,25,30)(H,26,27,31). The summed E-state index contributed by atoms with van der Waals surface area (Å²) in [4.78, 5) is 30.5. The predicted octanol–water partition coefficient (Wildman–Crippen LogP) is 2.15. The minimum atomic E-state index is -0.626. The number of aliphatic hydroxyl groups excluding tert-OH is 1. The highest BCUT2D eigenvalue weighted by Crippen LogP contribution is 2.36. The second kappa shape index (κ2) is 9.40. The number of rotatable bonds is 8. The molecule has 2 aliphatic rings. The first-order valence-corrected chi connectivity index (χ1v) is 10.8. The van der Waals surface area contributed by atoms with Crippen molar-refractivity contribution in [1.29, 1.82) is 0 Å². The van der Waals surface area contributed by atoms with Gasteiger partial charge in [-0.2, -0.15) is 0 Å². The van der Waals surface area contributed by atoms with Gasteiger partial charge in [0.25, 0.3) is 5.91 Å². The van der Waals surface area contributed by atoms with Crippen molar-refractivity contribution in [3.8, 4) is 5.75 Å². The minimum absolute atomic E-state index is 0.00502. The lowest BCUT2D eigenvalue weighted by Crippen LogP contribution is -2.39. The van der Waals surface area contributed by atoms with E-state index in [0.29, 0.717) is 31.9 Å². The monoisotopic (exact) mass is 436 g/mol.